The second kappa shape index (κ2) is 6.76. The van der Waals surface area contributed by atoms with E-state index in [1.165, 1.54) is 4.31 Å². The Balaban J connectivity index is 1.97. The van der Waals surface area contributed by atoms with Gasteiger partial charge in [0.2, 0.25) is 15.9 Å². The fourth-order valence-corrected chi connectivity index (χ4v) is 3.60. The lowest BCUT2D eigenvalue weighted by Crippen LogP contribution is -2.42. The fourth-order valence-electron chi connectivity index (χ4n) is 2.48. The fraction of sp³-hybridized carbons (Fsp3) is 0.692. The Kier molecular flexibility index (Phi) is 5.20. The van der Waals surface area contributed by atoms with Crippen molar-refractivity contribution in [3.8, 4) is 0 Å². The van der Waals surface area contributed by atoms with Crippen LogP contribution in [0.25, 0.3) is 0 Å². The summed E-state index contributed by atoms with van der Waals surface area (Å²) in [6, 6.07) is -0.625. The maximum atomic E-state index is 12.3. The quantitative estimate of drug-likeness (QED) is 0.781. The van der Waals surface area contributed by atoms with Crippen LogP contribution in [0.1, 0.15) is 12.8 Å². The zero-order chi connectivity index (χ0) is 16.3. The summed E-state index contributed by atoms with van der Waals surface area (Å²) < 4.78 is 26.4. The number of amides is 1. The number of carbonyl (C=O) groups excluding carboxylic acids is 1. The highest BCUT2D eigenvalue weighted by Crippen LogP contribution is 2.21. The molecule has 1 aromatic rings. The van der Waals surface area contributed by atoms with E-state index in [0.717, 1.165) is 19.3 Å². The molecule has 2 heterocycles. The van der Waals surface area contributed by atoms with Gasteiger partial charge in [-0.1, -0.05) is 0 Å². The summed E-state index contributed by atoms with van der Waals surface area (Å²) in [6.45, 7) is 1.97. The number of anilines is 1. The van der Waals surface area contributed by atoms with Crippen LogP contribution in [-0.2, 0) is 21.4 Å². The first-order valence-corrected chi connectivity index (χ1v) is 9.07. The molecule has 1 unspecified atom stereocenters. The minimum atomic E-state index is -3.36. The molecule has 0 aromatic carbocycles. The highest BCUT2D eigenvalue weighted by atomic mass is 32.2. The average molecular weight is 329 g/mol. The number of aromatic nitrogens is 2. The Labute approximate surface area is 131 Å². The first-order chi connectivity index (χ1) is 10.3. The number of nitrogens with zero attached hydrogens (tertiary/aromatic N) is 4. The monoisotopic (exact) mass is 329 g/mol. The summed E-state index contributed by atoms with van der Waals surface area (Å²) in [5, 5.41) is 6.93. The number of rotatable bonds is 6. The number of carbonyl (C=O) groups is 1. The Morgan fingerprint density at radius 1 is 1.50 bits per heavy atom. The summed E-state index contributed by atoms with van der Waals surface area (Å²) in [6.07, 6.45) is 5.72. The van der Waals surface area contributed by atoms with Crippen molar-refractivity contribution >= 4 is 21.6 Å². The molecule has 1 aliphatic rings. The third-order valence-electron chi connectivity index (χ3n) is 3.61. The maximum absolute atomic E-state index is 12.3. The Morgan fingerprint density at radius 2 is 2.23 bits per heavy atom. The summed E-state index contributed by atoms with van der Waals surface area (Å²) >= 11 is 0. The average Bonchev–Trinajstić information content (AvgIpc) is 3.04. The summed E-state index contributed by atoms with van der Waals surface area (Å²) in [5.74, 6) is -0.296. The van der Waals surface area contributed by atoms with E-state index in [4.69, 9.17) is 0 Å². The van der Waals surface area contributed by atoms with Gasteiger partial charge in [0.1, 0.15) is 6.04 Å². The molecule has 9 heteroatoms. The van der Waals surface area contributed by atoms with Gasteiger partial charge in [-0.2, -0.15) is 9.40 Å². The third-order valence-corrected chi connectivity index (χ3v) is 4.90. The third kappa shape index (κ3) is 4.28. The van der Waals surface area contributed by atoms with Crippen molar-refractivity contribution in [1.29, 1.82) is 0 Å². The van der Waals surface area contributed by atoms with Crippen LogP contribution in [0.5, 0.6) is 0 Å². The van der Waals surface area contributed by atoms with Gasteiger partial charge >= 0.3 is 0 Å². The Morgan fingerprint density at radius 3 is 2.86 bits per heavy atom. The van der Waals surface area contributed by atoms with Crippen LogP contribution in [0, 0.1) is 0 Å². The van der Waals surface area contributed by atoms with E-state index >= 15 is 0 Å². The van der Waals surface area contributed by atoms with Gasteiger partial charge in [0.05, 0.1) is 24.7 Å². The minimum absolute atomic E-state index is 0.296. The maximum Gasteiger partial charge on any atom is 0.242 e. The smallest absolute Gasteiger partial charge is 0.242 e. The molecule has 1 N–H and O–H groups in total. The van der Waals surface area contributed by atoms with Crippen molar-refractivity contribution in [2.75, 3.05) is 38.8 Å². The molecule has 1 aromatic heterocycles. The molecule has 1 aliphatic heterocycles. The normalized spacial score (nSPS) is 19.7. The van der Waals surface area contributed by atoms with Crippen molar-refractivity contribution in [3.63, 3.8) is 0 Å². The standard InChI is InChI=1S/C13H23N5O3S/c1-16(2)7-8-17-10-11(9-14-17)15-13(19)12-5-4-6-18(12)22(3,20)21/h9-10,12H,4-8H2,1-3H3,(H,15,19). The predicted molar refractivity (Wildman–Crippen MR) is 84.0 cm³/mol. The van der Waals surface area contributed by atoms with Crippen LogP contribution in [0.4, 0.5) is 5.69 Å². The molecule has 1 atom stereocenters. The van der Waals surface area contributed by atoms with Gasteiger partial charge in [-0.25, -0.2) is 8.42 Å². The van der Waals surface area contributed by atoms with Gasteiger partial charge in [-0.05, 0) is 26.9 Å². The molecule has 8 nitrogen and oxygen atoms in total. The first kappa shape index (κ1) is 16.9. The van der Waals surface area contributed by atoms with E-state index in [2.05, 4.69) is 10.4 Å². The Bertz CT molecular complexity index is 625. The molecular weight excluding hydrogens is 306 g/mol. The molecule has 0 aliphatic carbocycles. The molecule has 2 rings (SSSR count). The van der Waals surface area contributed by atoms with Gasteiger partial charge in [0.25, 0.3) is 0 Å². The lowest BCUT2D eigenvalue weighted by atomic mass is 10.2. The summed E-state index contributed by atoms with van der Waals surface area (Å²) in [5.41, 5.74) is 0.587. The number of sulfonamides is 1. The van der Waals surface area contributed by atoms with Crippen LogP contribution in [0.15, 0.2) is 12.4 Å². The second-order valence-corrected chi connectivity index (χ2v) is 7.75. The van der Waals surface area contributed by atoms with Crippen LogP contribution in [0.3, 0.4) is 0 Å². The first-order valence-electron chi connectivity index (χ1n) is 7.22. The number of likely N-dealkylation sites (N-methyl/N-ethyl adjacent to an activating group) is 1. The largest absolute Gasteiger partial charge is 0.322 e. The van der Waals surface area contributed by atoms with Gasteiger partial charge < -0.3 is 10.2 Å². The number of nitrogens with one attached hydrogen (secondary N) is 1. The molecule has 0 radical (unpaired) electrons. The molecule has 1 fully saturated rings. The highest BCUT2D eigenvalue weighted by Gasteiger charge is 2.36. The molecule has 22 heavy (non-hydrogen) atoms. The van der Waals surface area contributed by atoms with Crippen LogP contribution < -0.4 is 5.32 Å². The van der Waals surface area contributed by atoms with Gasteiger partial charge in [0, 0.05) is 19.3 Å². The van der Waals surface area contributed by atoms with E-state index in [1.54, 1.807) is 17.1 Å². The van der Waals surface area contributed by atoms with Crippen molar-refractivity contribution < 1.29 is 13.2 Å². The van der Waals surface area contributed by atoms with Crippen molar-refractivity contribution in [2.24, 2.45) is 0 Å². The zero-order valence-electron chi connectivity index (χ0n) is 13.2. The summed E-state index contributed by atoms with van der Waals surface area (Å²) in [7, 11) is 0.601. The van der Waals surface area contributed by atoms with E-state index in [-0.39, 0.29) is 5.91 Å². The molecular formula is C13H23N5O3S. The van der Waals surface area contributed by atoms with Crippen molar-refractivity contribution in [1.82, 2.24) is 19.0 Å². The second-order valence-electron chi connectivity index (χ2n) is 5.82. The Hall–Kier alpha value is -1.45. The molecule has 1 amide bonds. The van der Waals surface area contributed by atoms with Gasteiger partial charge in [-0.3, -0.25) is 9.48 Å². The lowest BCUT2D eigenvalue weighted by molar-refractivity contribution is -0.119. The molecule has 1 saturated heterocycles. The molecule has 0 bridgehead atoms. The van der Waals surface area contributed by atoms with Crippen LogP contribution in [0.2, 0.25) is 0 Å². The zero-order valence-corrected chi connectivity index (χ0v) is 14.0. The van der Waals surface area contributed by atoms with E-state index in [0.29, 0.717) is 25.1 Å². The highest BCUT2D eigenvalue weighted by molar-refractivity contribution is 7.88. The van der Waals surface area contributed by atoms with Crippen LogP contribution >= 0.6 is 0 Å². The predicted octanol–water partition coefficient (Wildman–Crippen LogP) is -0.193. The topological polar surface area (TPSA) is 87.5 Å². The van der Waals surface area contributed by atoms with E-state index < -0.39 is 16.1 Å². The minimum Gasteiger partial charge on any atom is -0.322 e. The van der Waals surface area contributed by atoms with E-state index in [9.17, 15) is 13.2 Å². The molecule has 124 valence electrons. The van der Waals surface area contributed by atoms with Gasteiger partial charge in [0.15, 0.2) is 0 Å². The van der Waals surface area contributed by atoms with Gasteiger partial charge in [-0.15, -0.1) is 0 Å². The number of hydrogen-bond acceptors (Lipinski definition) is 5. The molecule has 0 spiro atoms. The number of hydrogen-bond donors (Lipinski definition) is 1. The molecule has 0 saturated carbocycles. The van der Waals surface area contributed by atoms with Crippen molar-refractivity contribution in [2.45, 2.75) is 25.4 Å². The SMILES string of the molecule is CN(C)CCn1cc(NC(=O)C2CCCN2S(C)(=O)=O)cn1. The van der Waals surface area contributed by atoms with E-state index in [1.807, 2.05) is 19.0 Å². The van der Waals surface area contributed by atoms with Crippen LogP contribution in [-0.4, -0.2) is 72.8 Å². The summed E-state index contributed by atoms with van der Waals surface area (Å²) in [4.78, 5) is 14.3. The lowest BCUT2D eigenvalue weighted by Gasteiger charge is -2.20. The van der Waals surface area contributed by atoms with Crippen molar-refractivity contribution in [3.05, 3.63) is 12.4 Å².